The van der Waals surface area contributed by atoms with Crippen LogP contribution in [0.1, 0.15) is 19.3 Å². The molecular formula is C14H25N5O. The van der Waals surface area contributed by atoms with E-state index in [1.165, 1.54) is 32.4 Å². The minimum absolute atomic E-state index is 0.387. The summed E-state index contributed by atoms with van der Waals surface area (Å²) in [7, 11) is 0. The molecule has 20 heavy (non-hydrogen) atoms. The van der Waals surface area contributed by atoms with Gasteiger partial charge in [0, 0.05) is 25.3 Å². The molecule has 0 spiro atoms. The van der Waals surface area contributed by atoms with Gasteiger partial charge in [0.1, 0.15) is 0 Å². The Hall–Kier alpha value is -1.11. The number of β-amino-alcohol motifs (C(OH)–C–C–N with tert-alkyl or cyclic N) is 1. The summed E-state index contributed by atoms with van der Waals surface area (Å²) in [6, 6.07) is 0.699. The molecule has 3 heterocycles. The van der Waals surface area contributed by atoms with Crippen molar-refractivity contribution in [1.82, 2.24) is 19.6 Å². The summed E-state index contributed by atoms with van der Waals surface area (Å²) in [5, 5.41) is 14.4. The van der Waals surface area contributed by atoms with Gasteiger partial charge in [-0.15, -0.1) is 0 Å². The molecule has 2 saturated heterocycles. The SMILES string of the molecule is Nc1cnn(CC(O)CN2CCCN3CCCC3C2)c1. The van der Waals surface area contributed by atoms with Crippen molar-refractivity contribution in [3.63, 3.8) is 0 Å². The average molecular weight is 279 g/mol. The summed E-state index contributed by atoms with van der Waals surface area (Å²) in [6.45, 7) is 5.90. The minimum atomic E-state index is -0.387. The number of aromatic nitrogens is 2. The highest BCUT2D eigenvalue weighted by molar-refractivity contribution is 5.30. The molecule has 0 aliphatic carbocycles. The van der Waals surface area contributed by atoms with Crippen LogP contribution < -0.4 is 5.73 Å². The molecule has 2 fully saturated rings. The molecule has 0 amide bonds. The van der Waals surface area contributed by atoms with Crippen LogP contribution in [-0.2, 0) is 6.54 Å². The number of nitrogens with two attached hydrogens (primary N) is 1. The van der Waals surface area contributed by atoms with Crippen molar-refractivity contribution < 1.29 is 5.11 Å². The van der Waals surface area contributed by atoms with Crippen LogP contribution in [0.2, 0.25) is 0 Å². The Morgan fingerprint density at radius 1 is 1.30 bits per heavy atom. The molecule has 0 aromatic carbocycles. The van der Waals surface area contributed by atoms with Gasteiger partial charge >= 0.3 is 0 Å². The summed E-state index contributed by atoms with van der Waals surface area (Å²) in [5.74, 6) is 0. The van der Waals surface area contributed by atoms with Crippen LogP contribution in [0.5, 0.6) is 0 Å². The van der Waals surface area contributed by atoms with E-state index in [0.29, 0.717) is 18.3 Å². The third kappa shape index (κ3) is 3.31. The lowest BCUT2D eigenvalue weighted by Gasteiger charge is -2.27. The summed E-state index contributed by atoms with van der Waals surface area (Å²) in [6.07, 6.45) is 6.84. The van der Waals surface area contributed by atoms with Gasteiger partial charge in [-0.1, -0.05) is 0 Å². The van der Waals surface area contributed by atoms with Crippen molar-refractivity contribution in [2.24, 2.45) is 0 Å². The highest BCUT2D eigenvalue weighted by atomic mass is 16.3. The maximum Gasteiger partial charge on any atom is 0.0862 e. The first-order chi connectivity index (χ1) is 9.70. The summed E-state index contributed by atoms with van der Waals surface area (Å²) in [4.78, 5) is 5.02. The normalized spacial score (nSPS) is 26.4. The van der Waals surface area contributed by atoms with Crippen LogP contribution in [0.3, 0.4) is 0 Å². The Balaban J connectivity index is 1.51. The van der Waals surface area contributed by atoms with Crippen LogP contribution in [0.25, 0.3) is 0 Å². The highest BCUT2D eigenvalue weighted by Gasteiger charge is 2.29. The van der Waals surface area contributed by atoms with Gasteiger partial charge < -0.3 is 10.8 Å². The maximum absolute atomic E-state index is 10.2. The van der Waals surface area contributed by atoms with Crippen molar-refractivity contribution in [3.05, 3.63) is 12.4 Å². The molecule has 6 nitrogen and oxygen atoms in total. The number of hydrogen-bond donors (Lipinski definition) is 2. The zero-order valence-electron chi connectivity index (χ0n) is 12.0. The quantitative estimate of drug-likeness (QED) is 0.811. The molecule has 0 saturated carbocycles. The van der Waals surface area contributed by atoms with Gasteiger partial charge in [-0.2, -0.15) is 5.10 Å². The van der Waals surface area contributed by atoms with E-state index in [0.717, 1.165) is 19.6 Å². The number of fused-ring (bicyclic) bond motifs is 1. The number of rotatable bonds is 4. The standard InChI is InChI=1S/C14H25N5O/c15-12-7-16-19(8-12)11-14(20)10-17-4-2-6-18-5-1-3-13(18)9-17/h7-8,13-14,20H,1-6,9-11,15H2. The second-order valence-corrected chi connectivity index (χ2v) is 6.09. The zero-order chi connectivity index (χ0) is 13.9. The van der Waals surface area contributed by atoms with Crippen LogP contribution in [0, 0.1) is 0 Å². The first-order valence-electron chi connectivity index (χ1n) is 7.63. The minimum Gasteiger partial charge on any atom is -0.396 e. The van der Waals surface area contributed by atoms with Crippen molar-refractivity contribution >= 4 is 5.69 Å². The smallest absolute Gasteiger partial charge is 0.0862 e. The predicted molar refractivity (Wildman–Crippen MR) is 78.3 cm³/mol. The lowest BCUT2D eigenvalue weighted by atomic mass is 10.2. The van der Waals surface area contributed by atoms with Crippen molar-refractivity contribution in [1.29, 1.82) is 0 Å². The number of nitrogen functional groups attached to an aromatic ring is 1. The van der Waals surface area contributed by atoms with E-state index >= 15 is 0 Å². The zero-order valence-corrected chi connectivity index (χ0v) is 12.0. The maximum atomic E-state index is 10.2. The Morgan fingerprint density at radius 2 is 2.15 bits per heavy atom. The first-order valence-corrected chi connectivity index (χ1v) is 7.63. The van der Waals surface area contributed by atoms with Gasteiger partial charge in [0.25, 0.3) is 0 Å². The second kappa shape index (κ2) is 6.11. The van der Waals surface area contributed by atoms with Crippen LogP contribution >= 0.6 is 0 Å². The van der Waals surface area contributed by atoms with E-state index in [1.54, 1.807) is 17.1 Å². The largest absolute Gasteiger partial charge is 0.396 e. The van der Waals surface area contributed by atoms with E-state index < -0.39 is 0 Å². The van der Waals surface area contributed by atoms with Crippen molar-refractivity contribution in [2.45, 2.75) is 38.0 Å². The number of aliphatic hydroxyl groups excluding tert-OH is 1. The fourth-order valence-corrected chi connectivity index (χ4v) is 3.50. The molecule has 6 heteroatoms. The molecular weight excluding hydrogens is 254 g/mol. The molecule has 0 radical (unpaired) electrons. The summed E-state index contributed by atoms with van der Waals surface area (Å²) < 4.78 is 1.72. The fraction of sp³-hybridized carbons (Fsp3) is 0.786. The van der Waals surface area contributed by atoms with E-state index in [-0.39, 0.29) is 6.10 Å². The van der Waals surface area contributed by atoms with Gasteiger partial charge in [0.05, 0.1) is 24.5 Å². The Labute approximate surface area is 120 Å². The first kappa shape index (κ1) is 13.9. The van der Waals surface area contributed by atoms with Gasteiger partial charge in [-0.25, -0.2) is 0 Å². The lowest BCUT2D eigenvalue weighted by Crippen LogP contribution is -2.40. The monoisotopic (exact) mass is 279 g/mol. The van der Waals surface area contributed by atoms with E-state index in [1.807, 2.05) is 0 Å². The molecule has 3 rings (SSSR count). The molecule has 0 bridgehead atoms. The number of aliphatic hydroxyl groups is 1. The fourth-order valence-electron chi connectivity index (χ4n) is 3.50. The third-order valence-corrected chi connectivity index (χ3v) is 4.41. The molecule has 1 aromatic heterocycles. The Morgan fingerprint density at radius 3 is 2.95 bits per heavy atom. The topological polar surface area (TPSA) is 70.5 Å². The molecule has 2 atom stereocenters. The molecule has 2 aliphatic heterocycles. The van der Waals surface area contributed by atoms with Gasteiger partial charge in [0.15, 0.2) is 0 Å². The van der Waals surface area contributed by atoms with Crippen LogP contribution in [0.15, 0.2) is 12.4 Å². The number of nitrogens with zero attached hydrogens (tertiary/aromatic N) is 4. The van der Waals surface area contributed by atoms with Gasteiger partial charge in [-0.05, 0) is 38.9 Å². The van der Waals surface area contributed by atoms with Crippen LogP contribution in [0.4, 0.5) is 5.69 Å². The Kier molecular flexibility index (Phi) is 4.24. The van der Waals surface area contributed by atoms with Crippen molar-refractivity contribution in [2.75, 3.05) is 38.5 Å². The average Bonchev–Trinajstić information content (AvgIpc) is 2.95. The lowest BCUT2D eigenvalue weighted by molar-refractivity contribution is 0.0910. The predicted octanol–water partition coefficient (Wildman–Crippen LogP) is -0.00370. The Bertz CT molecular complexity index is 435. The molecule has 3 N–H and O–H groups in total. The molecule has 112 valence electrons. The van der Waals surface area contributed by atoms with E-state index in [2.05, 4.69) is 14.9 Å². The molecule has 2 unspecified atom stereocenters. The molecule has 1 aromatic rings. The van der Waals surface area contributed by atoms with Crippen LogP contribution in [-0.4, -0.2) is 69.6 Å². The number of hydrogen-bond acceptors (Lipinski definition) is 5. The second-order valence-electron chi connectivity index (χ2n) is 6.09. The van der Waals surface area contributed by atoms with E-state index in [4.69, 9.17) is 5.73 Å². The number of anilines is 1. The molecule has 2 aliphatic rings. The summed E-state index contributed by atoms with van der Waals surface area (Å²) in [5.41, 5.74) is 6.28. The highest BCUT2D eigenvalue weighted by Crippen LogP contribution is 2.21. The van der Waals surface area contributed by atoms with Gasteiger partial charge in [0.2, 0.25) is 0 Å². The van der Waals surface area contributed by atoms with Crippen molar-refractivity contribution in [3.8, 4) is 0 Å². The van der Waals surface area contributed by atoms with Gasteiger partial charge in [-0.3, -0.25) is 14.5 Å². The van der Waals surface area contributed by atoms with E-state index in [9.17, 15) is 5.11 Å². The summed E-state index contributed by atoms with van der Waals surface area (Å²) >= 11 is 0. The third-order valence-electron chi connectivity index (χ3n) is 4.41.